The molecule has 0 saturated carbocycles. The van der Waals surface area contributed by atoms with Gasteiger partial charge in [-0.25, -0.2) is 9.78 Å². The summed E-state index contributed by atoms with van der Waals surface area (Å²) in [6.45, 7) is 1.73. The number of nitrogens with two attached hydrogens (primary N) is 1. The van der Waals surface area contributed by atoms with Crippen molar-refractivity contribution < 1.29 is 14.6 Å². The van der Waals surface area contributed by atoms with Crippen molar-refractivity contribution in [2.24, 2.45) is 0 Å². The second-order valence-electron chi connectivity index (χ2n) is 2.74. The predicted molar refractivity (Wildman–Crippen MR) is 51.0 cm³/mol. The Balaban J connectivity index is 2.77. The van der Waals surface area contributed by atoms with E-state index in [1.165, 1.54) is 6.20 Å². The lowest BCUT2D eigenvalue weighted by Gasteiger charge is -2.13. The molecule has 76 valence electrons. The molecule has 1 rings (SSSR count). The van der Waals surface area contributed by atoms with Gasteiger partial charge in [0.1, 0.15) is 0 Å². The van der Waals surface area contributed by atoms with E-state index in [-0.39, 0.29) is 5.82 Å². The third-order valence-electron chi connectivity index (χ3n) is 1.72. The molecule has 5 heteroatoms. The number of carboxylic acids is 1. The maximum Gasteiger partial charge on any atom is 0.344 e. The number of aromatic nitrogens is 1. The fourth-order valence-corrected chi connectivity index (χ4v) is 0.964. The first-order valence-electron chi connectivity index (χ1n) is 4.25. The van der Waals surface area contributed by atoms with Crippen LogP contribution in [0.4, 0.5) is 5.82 Å². The monoisotopic (exact) mass is 196 g/mol. The third-order valence-corrected chi connectivity index (χ3v) is 1.72. The molecular weight excluding hydrogens is 184 g/mol. The normalized spacial score (nSPS) is 12.1. The first-order valence-corrected chi connectivity index (χ1v) is 4.25. The summed E-state index contributed by atoms with van der Waals surface area (Å²) in [7, 11) is 0. The van der Waals surface area contributed by atoms with Gasteiger partial charge in [-0.3, -0.25) is 0 Å². The van der Waals surface area contributed by atoms with Crippen LogP contribution < -0.4 is 10.5 Å². The Morgan fingerprint density at radius 3 is 3.00 bits per heavy atom. The van der Waals surface area contributed by atoms with E-state index in [9.17, 15) is 4.79 Å². The Morgan fingerprint density at radius 2 is 2.50 bits per heavy atom. The molecule has 0 saturated heterocycles. The Hall–Kier alpha value is -1.78. The van der Waals surface area contributed by atoms with Crippen molar-refractivity contribution in [3.8, 4) is 5.75 Å². The average Bonchev–Trinajstić information content (AvgIpc) is 2.16. The Bertz CT molecular complexity index is 328. The van der Waals surface area contributed by atoms with E-state index in [0.717, 1.165) is 0 Å². The number of carboxylic acid groups (broad SMARTS) is 1. The highest BCUT2D eigenvalue weighted by molar-refractivity contribution is 5.72. The molecule has 0 aliphatic carbocycles. The number of nitrogen functional groups attached to an aromatic ring is 1. The number of anilines is 1. The molecule has 1 aromatic rings. The number of carbonyl (C=O) groups is 1. The van der Waals surface area contributed by atoms with Crippen molar-refractivity contribution >= 4 is 11.8 Å². The molecule has 0 aromatic carbocycles. The minimum atomic E-state index is -1.00. The Morgan fingerprint density at radius 1 is 1.79 bits per heavy atom. The molecule has 0 bridgehead atoms. The van der Waals surface area contributed by atoms with E-state index in [4.69, 9.17) is 15.6 Å². The summed E-state index contributed by atoms with van der Waals surface area (Å²) >= 11 is 0. The molecule has 1 atom stereocenters. The van der Waals surface area contributed by atoms with Crippen molar-refractivity contribution in [2.75, 3.05) is 5.73 Å². The number of pyridine rings is 1. The fraction of sp³-hybridized carbons (Fsp3) is 0.333. The minimum Gasteiger partial charge on any atom is -0.479 e. The largest absolute Gasteiger partial charge is 0.479 e. The molecule has 1 aromatic heterocycles. The van der Waals surface area contributed by atoms with Gasteiger partial charge in [-0.2, -0.15) is 0 Å². The molecule has 0 aliphatic rings. The fourth-order valence-electron chi connectivity index (χ4n) is 0.964. The highest BCUT2D eigenvalue weighted by atomic mass is 16.5. The minimum absolute atomic E-state index is 0.201. The summed E-state index contributed by atoms with van der Waals surface area (Å²) < 4.78 is 5.17. The summed E-state index contributed by atoms with van der Waals surface area (Å²) in [6.07, 6.45) is 1.02. The van der Waals surface area contributed by atoms with Crippen LogP contribution in [0, 0.1) is 0 Å². The summed E-state index contributed by atoms with van der Waals surface area (Å²) in [5.74, 6) is -0.496. The van der Waals surface area contributed by atoms with E-state index in [1.807, 2.05) is 0 Å². The van der Waals surface area contributed by atoms with Crippen LogP contribution in [0.5, 0.6) is 5.75 Å². The predicted octanol–water partition coefficient (Wildman–Crippen LogP) is 0.906. The van der Waals surface area contributed by atoms with Crippen LogP contribution in [-0.4, -0.2) is 22.2 Å². The van der Waals surface area contributed by atoms with Crippen LogP contribution in [-0.2, 0) is 4.79 Å². The van der Waals surface area contributed by atoms with Crippen LogP contribution in [0.3, 0.4) is 0 Å². The van der Waals surface area contributed by atoms with E-state index in [1.54, 1.807) is 19.1 Å². The van der Waals surface area contributed by atoms with Crippen LogP contribution in [0.15, 0.2) is 18.3 Å². The number of hydrogen-bond acceptors (Lipinski definition) is 4. The first kappa shape index (κ1) is 10.3. The maximum absolute atomic E-state index is 10.7. The third kappa shape index (κ3) is 2.35. The number of aliphatic carboxylic acids is 1. The van der Waals surface area contributed by atoms with E-state index in [0.29, 0.717) is 12.2 Å². The summed E-state index contributed by atoms with van der Waals surface area (Å²) in [5.41, 5.74) is 5.49. The Labute approximate surface area is 81.5 Å². The highest BCUT2D eigenvalue weighted by Gasteiger charge is 2.17. The zero-order valence-corrected chi connectivity index (χ0v) is 7.80. The number of rotatable bonds is 4. The molecule has 5 nitrogen and oxygen atoms in total. The van der Waals surface area contributed by atoms with Crippen LogP contribution in [0.2, 0.25) is 0 Å². The second-order valence-corrected chi connectivity index (χ2v) is 2.74. The number of nitrogens with zero attached hydrogens (tertiary/aromatic N) is 1. The quantitative estimate of drug-likeness (QED) is 0.747. The highest BCUT2D eigenvalue weighted by Crippen LogP contribution is 2.19. The summed E-state index contributed by atoms with van der Waals surface area (Å²) in [6, 6.07) is 3.23. The van der Waals surface area contributed by atoms with Crippen LogP contribution in [0.1, 0.15) is 13.3 Å². The second kappa shape index (κ2) is 4.45. The standard InChI is InChI=1S/C9H12N2O3/c1-2-6(9(12)13)14-7-4-3-5-11-8(7)10/h3-6H,2H2,1H3,(H2,10,11)(H,12,13). The molecule has 0 fully saturated rings. The smallest absolute Gasteiger partial charge is 0.344 e. The summed E-state index contributed by atoms with van der Waals surface area (Å²) in [4.78, 5) is 14.4. The van der Waals surface area contributed by atoms with Crippen molar-refractivity contribution in [3.63, 3.8) is 0 Å². The lowest BCUT2D eigenvalue weighted by atomic mass is 10.3. The Kier molecular flexibility index (Phi) is 3.28. The van der Waals surface area contributed by atoms with Gasteiger partial charge in [-0.05, 0) is 18.6 Å². The first-order chi connectivity index (χ1) is 6.65. The van der Waals surface area contributed by atoms with Gasteiger partial charge >= 0.3 is 5.97 Å². The van der Waals surface area contributed by atoms with E-state index < -0.39 is 12.1 Å². The SMILES string of the molecule is CCC(Oc1cccnc1N)C(=O)O. The number of ether oxygens (including phenoxy) is 1. The van der Waals surface area contributed by atoms with Gasteiger partial charge in [-0.1, -0.05) is 6.92 Å². The van der Waals surface area contributed by atoms with Gasteiger partial charge in [0.05, 0.1) is 0 Å². The summed E-state index contributed by atoms with van der Waals surface area (Å²) in [5, 5.41) is 8.74. The molecule has 1 heterocycles. The van der Waals surface area contributed by atoms with Crippen molar-refractivity contribution in [1.82, 2.24) is 4.98 Å². The molecule has 3 N–H and O–H groups in total. The van der Waals surface area contributed by atoms with Gasteiger partial charge in [0.2, 0.25) is 0 Å². The molecule has 0 radical (unpaired) electrons. The van der Waals surface area contributed by atoms with Crippen LogP contribution in [0.25, 0.3) is 0 Å². The topological polar surface area (TPSA) is 85.4 Å². The molecule has 0 amide bonds. The molecule has 14 heavy (non-hydrogen) atoms. The van der Waals surface area contributed by atoms with Gasteiger partial charge in [0.25, 0.3) is 0 Å². The number of hydrogen-bond donors (Lipinski definition) is 2. The maximum atomic E-state index is 10.7. The van der Waals surface area contributed by atoms with Gasteiger partial charge in [0.15, 0.2) is 17.7 Å². The molecule has 1 unspecified atom stereocenters. The zero-order chi connectivity index (χ0) is 10.6. The molecule has 0 spiro atoms. The van der Waals surface area contributed by atoms with E-state index in [2.05, 4.69) is 4.98 Å². The van der Waals surface area contributed by atoms with Gasteiger partial charge in [-0.15, -0.1) is 0 Å². The van der Waals surface area contributed by atoms with E-state index >= 15 is 0 Å². The average molecular weight is 196 g/mol. The van der Waals surface area contributed by atoms with Crippen molar-refractivity contribution in [2.45, 2.75) is 19.4 Å². The molecular formula is C9H12N2O3. The lowest BCUT2D eigenvalue weighted by Crippen LogP contribution is -2.26. The van der Waals surface area contributed by atoms with Crippen molar-refractivity contribution in [3.05, 3.63) is 18.3 Å². The van der Waals surface area contributed by atoms with Crippen molar-refractivity contribution in [1.29, 1.82) is 0 Å². The molecule has 0 aliphatic heterocycles. The van der Waals surface area contributed by atoms with Gasteiger partial charge < -0.3 is 15.6 Å². The zero-order valence-electron chi connectivity index (χ0n) is 7.80. The van der Waals surface area contributed by atoms with Gasteiger partial charge in [0, 0.05) is 6.20 Å². The lowest BCUT2D eigenvalue weighted by molar-refractivity contribution is -0.145. The van der Waals surface area contributed by atoms with Crippen LogP contribution >= 0.6 is 0 Å².